The van der Waals surface area contributed by atoms with E-state index in [-0.39, 0.29) is 12.2 Å². The van der Waals surface area contributed by atoms with Gasteiger partial charge in [0.2, 0.25) is 0 Å². The lowest BCUT2D eigenvalue weighted by atomic mass is 10.1. The molecule has 0 aliphatic carbocycles. The zero-order chi connectivity index (χ0) is 12.6. The van der Waals surface area contributed by atoms with Crippen molar-refractivity contribution in [3.63, 3.8) is 0 Å². The van der Waals surface area contributed by atoms with Crippen LogP contribution in [0, 0.1) is 19.7 Å². The Morgan fingerprint density at radius 1 is 1.41 bits per heavy atom. The summed E-state index contributed by atoms with van der Waals surface area (Å²) in [5, 5.41) is 14.0. The Bertz CT molecular complexity index is 566. The van der Waals surface area contributed by atoms with Crippen LogP contribution in [-0.4, -0.2) is 14.9 Å². The molecule has 1 N–H and O–H groups in total. The summed E-state index contributed by atoms with van der Waals surface area (Å²) in [6, 6.07) is 4.58. The average Bonchev–Trinajstić information content (AvgIpc) is 2.56. The molecule has 0 aliphatic rings. The minimum absolute atomic E-state index is 0.217. The molecule has 17 heavy (non-hydrogen) atoms. The van der Waals surface area contributed by atoms with Gasteiger partial charge in [-0.3, -0.25) is 0 Å². The van der Waals surface area contributed by atoms with Crippen molar-refractivity contribution in [3.8, 4) is 5.69 Å². The van der Waals surface area contributed by atoms with Gasteiger partial charge in [-0.05, 0) is 26.0 Å². The standard InChI is InChI=1S/C12H12ClFN2O/c1-7-12(13)8(2)16(15-7)11-5-3-4-10(14)9(11)6-17/h3-5,17H,6H2,1-2H3. The lowest BCUT2D eigenvalue weighted by Gasteiger charge is -2.10. The predicted octanol–water partition coefficient (Wildman–Crippen LogP) is 2.77. The van der Waals surface area contributed by atoms with E-state index in [9.17, 15) is 9.50 Å². The topological polar surface area (TPSA) is 38.0 Å². The summed E-state index contributed by atoms with van der Waals surface area (Å²) < 4.78 is 15.1. The minimum Gasteiger partial charge on any atom is -0.391 e. The van der Waals surface area contributed by atoms with Gasteiger partial charge in [0.05, 0.1) is 28.7 Å². The fourth-order valence-corrected chi connectivity index (χ4v) is 1.88. The van der Waals surface area contributed by atoms with Crippen LogP contribution in [0.5, 0.6) is 0 Å². The smallest absolute Gasteiger partial charge is 0.130 e. The molecule has 0 spiro atoms. The number of aromatic nitrogens is 2. The Hall–Kier alpha value is -1.39. The molecule has 2 rings (SSSR count). The van der Waals surface area contributed by atoms with Gasteiger partial charge in [0, 0.05) is 5.56 Å². The average molecular weight is 255 g/mol. The predicted molar refractivity (Wildman–Crippen MR) is 63.9 cm³/mol. The van der Waals surface area contributed by atoms with Gasteiger partial charge in [-0.15, -0.1) is 0 Å². The van der Waals surface area contributed by atoms with Gasteiger partial charge in [-0.25, -0.2) is 9.07 Å². The zero-order valence-electron chi connectivity index (χ0n) is 9.54. The summed E-state index contributed by atoms with van der Waals surface area (Å²) in [6.45, 7) is 3.20. The van der Waals surface area contributed by atoms with E-state index in [1.807, 2.05) is 0 Å². The van der Waals surface area contributed by atoms with Crippen LogP contribution >= 0.6 is 11.6 Å². The highest BCUT2D eigenvalue weighted by Gasteiger charge is 2.15. The van der Waals surface area contributed by atoms with Crippen LogP contribution in [0.1, 0.15) is 17.0 Å². The van der Waals surface area contributed by atoms with Crippen molar-refractivity contribution in [2.75, 3.05) is 0 Å². The number of nitrogens with zero attached hydrogens (tertiary/aromatic N) is 2. The van der Waals surface area contributed by atoms with Crippen molar-refractivity contribution in [2.24, 2.45) is 0 Å². The molecule has 1 aromatic carbocycles. The first-order valence-corrected chi connectivity index (χ1v) is 5.54. The number of aliphatic hydroxyl groups excluding tert-OH is 1. The van der Waals surface area contributed by atoms with E-state index in [0.29, 0.717) is 16.4 Å². The lowest BCUT2D eigenvalue weighted by Crippen LogP contribution is -2.05. The van der Waals surface area contributed by atoms with Crippen LogP contribution in [0.3, 0.4) is 0 Å². The molecule has 0 unspecified atom stereocenters. The first-order valence-electron chi connectivity index (χ1n) is 5.16. The van der Waals surface area contributed by atoms with Crippen LogP contribution in [0.15, 0.2) is 18.2 Å². The van der Waals surface area contributed by atoms with Gasteiger partial charge >= 0.3 is 0 Å². The van der Waals surface area contributed by atoms with Crippen molar-refractivity contribution >= 4 is 11.6 Å². The summed E-state index contributed by atoms with van der Waals surface area (Å²) in [4.78, 5) is 0. The maximum atomic E-state index is 13.5. The number of aliphatic hydroxyl groups is 1. The molecule has 1 heterocycles. The molecule has 2 aromatic rings. The van der Waals surface area contributed by atoms with E-state index in [4.69, 9.17) is 11.6 Å². The molecule has 90 valence electrons. The van der Waals surface area contributed by atoms with E-state index in [1.54, 1.807) is 30.7 Å². The quantitative estimate of drug-likeness (QED) is 0.895. The van der Waals surface area contributed by atoms with Crippen LogP contribution < -0.4 is 0 Å². The van der Waals surface area contributed by atoms with Crippen molar-refractivity contribution in [2.45, 2.75) is 20.5 Å². The third kappa shape index (κ3) is 1.94. The van der Waals surface area contributed by atoms with Gasteiger partial charge in [0.25, 0.3) is 0 Å². The van der Waals surface area contributed by atoms with Gasteiger partial charge < -0.3 is 5.11 Å². The summed E-state index contributed by atoms with van der Waals surface area (Å²) in [6.07, 6.45) is 0. The van der Waals surface area contributed by atoms with E-state index in [1.165, 1.54) is 6.07 Å². The maximum Gasteiger partial charge on any atom is 0.130 e. The second-order valence-corrected chi connectivity index (χ2v) is 4.17. The molecule has 5 heteroatoms. The number of hydrogen-bond acceptors (Lipinski definition) is 2. The Balaban J connectivity index is 2.68. The minimum atomic E-state index is -0.450. The normalized spacial score (nSPS) is 10.9. The molecule has 0 saturated carbocycles. The lowest BCUT2D eigenvalue weighted by molar-refractivity contribution is 0.275. The van der Waals surface area contributed by atoms with Crippen molar-refractivity contribution < 1.29 is 9.50 Å². The fourth-order valence-electron chi connectivity index (χ4n) is 1.76. The Morgan fingerprint density at radius 3 is 2.65 bits per heavy atom. The van der Waals surface area contributed by atoms with Gasteiger partial charge in [0.1, 0.15) is 5.82 Å². The summed E-state index contributed by atoms with van der Waals surface area (Å²) in [7, 11) is 0. The fraction of sp³-hybridized carbons (Fsp3) is 0.250. The monoisotopic (exact) mass is 254 g/mol. The maximum absolute atomic E-state index is 13.5. The second kappa shape index (κ2) is 4.47. The van der Waals surface area contributed by atoms with Crippen molar-refractivity contribution in [3.05, 3.63) is 46.0 Å². The number of hydrogen-bond donors (Lipinski definition) is 1. The first-order chi connectivity index (χ1) is 8.06. The molecule has 3 nitrogen and oxygen atoms in total. The number of halogens is 2. The molecular weight excluding hydrogens is 243 g/mol. The Morgan fingerprint density at radius 2 is 2.12 bits per heavy atom. The summed E-state index contributed by atoms with van der Waals surface area (Å²) >= 11 is 6.04. The molecule has 0 fully saturated rings. The largest absolute Gasteiger partial charge is 0.391 e. The van der Waals surface area contributed by atoms with E-state index in [2.05, 4.69) is 5.10 Å². The van der Waals surface area contributed by atoms with Crippen LogP contribution in [0.25, 0.3) is 5.69 Å². The highest BCUT2D eigenvalue weighted by molar-refractivity contribution is 6.31. The molecule has 0 bridgehead atoms. The third-order valence-corrected chi connectivity index (χ3v) is 3.23. The Labute approximate surface area is 103 Å². The molecule has 0 radical (unpaired) electrons. The van der Waals surface area contributed by atoms with Gasteiger partial charge in [0.15, 0.2) is 0 Å². The first kappa shape index (κ1) is 12.1. The summed E-state index contributed by atoms with van der Waals surface area (Å²) in [5.74, 6) is -0.450. The molecule has 0 atom stereocenters. The highest BCUT2D eigenvalue weighted by atomic mass is 35.5. The number of rotatable bonds is 2. The van der Waals surface area contributed by atoms with Crippen molar-refractivity contribution in [1.82, 2.24) is 9.78 Å². The molecule has 0 saturated heterocycles. The number of aryl methyl sites for hydroxylation is 1. The van der Waals surface area contributed by atoms with Gasteiger partial charge in [-0.2, -0.15) is 5.10 Å². The van der Waals surface area contributed by atoms with Crippen LogP contribution in [-0.2, 0) is 6.61 Å². The van der Waals surface area contributed by atoms with E-state index < -0.39 is 5.82 Å². The van der Waals surface area contributed by atoms with Gasteiger partial charge in [-0.1, -0.05) is 17.7 Å². The molecular formula is C12H12ClFN2O. The molecule has 0 amide bonds. The summed E-state index contributed by atoms with van der Waals surface area (Å²) in [5.41, 5.74) is 2.14. The van der Waals surface area contributed by atoms with E-state index in [0.717, 1.165) is 5.69 Å². The van der Waals surface area contributed by atoms with Crippen LogP contribution in [0.4, 0.5) is 4.39 Å². The highest BCUT2D eigenvalue weighted by Crippen LogP contribution is 2.25. The molecule has 0 aliphatic heterocycles. The SMILES string of the molecule is Cc1nn(-c2cccc(F)c2CO)c(C)c1Cl. The third-order valence-electron chi connectivity index (χ3n) is 2.68. The molecule has 1 aromatic heterocycles. The van der Waals surface area contributed by atoms with Crippen molar-refractivity contribution in [1.29, 1.82) is 0 Å². The van der Waals surface area contributed by atoms with Crippen LogP contribution in [0.2, 0.25) is 5.02 Å². The Kier molecular flexibility index (Phi) is 3.17. The number of benzene rings is 1. The van der Waals surface area contributed by atoms with E-state index >= 15 is 0 Å². The second-order valence-electron chi connectivity index (χ2n) is 3.79. The zero-order valence-corrected chi connectivity index (χ0v) is 10.3.